The average molecular weight is 339 g/mol. The van der Waals surface area contributed by atoms with E-state index >= 15 is 0 Å². The van der Waals surface area contributed by atoms with Crippen LogP contribution < -0.4 is 15.4 Å². The fraction of sp³-hybridized carbons (Fsp3) is 0.211. The van der Waals surface area contributed by atoms with E-state index in [2.05, 4.69) is 15.6 Å². The van der Waals surface area contributed by atoms with Gasteiger partial charge in [-0.25, -0.2) is 4.79 Å². The highest BCUT2D eigenvalue weighted by atomic mass is 16.5. The van der Waals surface area contributed by atoms with Crippen LogP contribution in [-0.2, 0) is 6.54 Å². The Kier molecular flexibility index (Phi) is 5.20. The molecule has 0 spiro atoms. The van der Waals surface area contributed by atoms with E-state index in [1.807, 2.05) is 55.5 Å². The number of rotatable bonds is 6. The van der Waals surface area contributed by atoms with Gasteiger partial charge in [-0.1, -0.05) is 18.2 Å². The van der Waals surface area contributed by atoms with Crippen molar-refractivity contribution in [2.75, 3.05) is 18.5 Å². The number of carbonyl (C=O) groups is 1. The summed E-state index contributed by atoms with van der Waals surface area (Å²) in [6, 6.07) is 14.9. The van der Waals surface area contributed by atoms with Gasteiger partial charge in [-0.2, -0.15) is 0 Å². The minimum Gasteiger partial charge on any atom is -0.491 e. The summed E-state index contributed by atoms with van der Waals surface area (Å²) in [5.74, 6) is 0.654. The first-order valence-corrected chi connectivity index (χ1v) is 8.11. The predicted molar refractivity (Wildman–Crippen MR) is 97.9 cm³/mol. The van der Waals surface area contributed by atoms with Gasteiger partial charge >= 0.3 is 6.03 Å². The van der Waals surface area contributed by atoms with Crippen molar-refractivity contribution in [2.24, 2.45) is 0 Å². The molecule has 25 heavy (non-hydrogen) atoms. The normalized spacial score (nSPS) is 10.6. The van der Waals surface area contributed by atoms with Crippen molar-refractivity contribution in [3.8, 4) is 5.75 Å². The third kappa shape index (κ3) is 4.30. The Balaban J connectivity index is 1.60. The molecule has 3 rings (SSSR count). The number of urea groups is 1. The summed E-state index contributed by atoms with van der Waals surface area (Å²) < 4.78 is 5.46. The Morgan fingerprint density at radius 2 is 2.04 bits per heavy atom. The van der Waals surface area contributed by atoms with Crippen molar-refractivity contribution < 1.29 is 14.6 Å². The van der Waals surface area contributed by atoms with Crippen molar-refractivity contribution >= 4 is 22.6 Å². The number of ether oxygens (including phenoxy) is 1. The molecular weight excluding hydrogens is 318 g/mol. The van der Waals surface area contributed by atoms with Crippen molar-refractivity contribution in [1.82, 2.24) is 10.3 Å². The Morgan fingerprint density at radius 1 is 1.20 bits per heavy atom. The van der Waals surface area contributed by atoms with Gasteiger partial charge in [-0.05, 0) is 37.3 Å². The summed E-state index contributed by atoms with van der Waals surface area (Å²) in [5.41, 5.74) is 3.70. The molecule has 0 fully saturated rings. The van der Waals surface area contributed by atoms with Crippen molar-refractivity contribution in [3.05, 3.63) is 59.8 Å². The summed E-state index contributed by atoms with van der Waals surface area (Å²) in [6.45, 7) is 2.50. The second kappa shape index (κ2) is 7.72. The van der Waals surface area contributed by atoms with E-state index in [0.717, 1.165) is 27.8 Å². The number of fused-ring (bicyclic) bond motifs is 1. The van der Waals surface area contributed by atoms with Crippen molar-refractivity contribution in [1.29, 1.82) is 0 Å². The number of hydrogen-bond donors (Lipinski definition) is 4. The molecule has 1 heterocycles. The lowest BCUT2D eigenvalue weighted by molar-refractivity contribution is 0.200. The van der Waals surface area contributed by atoms with Gasteiger partial charge in [0.25, 0.3) is 0 Å². The SMILES string of the molecule is Cc1cc2cc(NC(=O)NCc3ccccc3OCCO)ccc2[nH]1. The Morgan fingerprint density at radius 3 is 2.88 bits per heavy atom. The van der Waals surface area contributed by atoms with Crippen molar-refractivity contribution in [2.45, 2.75) is 13.5 Å². The first-order chi connectivity index (χ1) is 12.2. The molecule has 0 bridgehead atoms. The second-order valence-electron chi connectivity index (χ2n) is 5.74. The standard InChI is InChI=1S/C19H21N3O3/c1-13-10-15-11-16(6-7-17(15)21-13)22-19(24)20-12-14-4-2-3-5-18(14)25-9-8-23/h2-7,10-11,21,23H,8-9,12H2,1H3,(H2,20,22,24). The van der Waals surface area contributed by atoms with E-state index in [-0.39, 0.29) is 19.2 Å². The van der Waals surface area contributed by atoms with Crippen LogP contribution in [0.15, 0.2) is 48.5 Å². The third-order valence-electron chi connectivity index (χ3n) is 3.77. The summed E-state index contributed by atoms with van der Waals surface area (Å²) in [4.78, 5) is 15.4. The molecule has 0 radical (unpaired) electrons. The number of hydrogen-bond acceptors (Lipinski definition) is 3. The summed E-state index contributed by atoms with van der Waals surface area (Å²) in [7, 11) is 0. The summed E-state index contributed by atoms with van der Waals surface area (Å²) >= 11 is 0. The zero-order chi connectivity index (χ0) is 17.6. The van der Waals surface area contributed by atoms with Gasteiger partial charge in [-0.15, -0.1) is 0 Å². The van der Waals surface area contributed by atoms with Gasteiger partial charge < -0.3 is 25.5 Å². The highest BCUT2D eigenvalue weighted by Gasteiger charge is 2.07. The van der Waals surface area contributed by atoms with Crippen molar-refractivity contribution in [3.63, 3.8) is 0 Å². The number of nitrogens with one attached hydrogen (secondary N) is 3. The number of carbonyl (C=O) groups excluding carboxylic acids is 1. The number of para-hydroxylation sites is 1. The molecule has 6 heteroatoms. The lowest BCUT2D eigenvalue weighted by Gasteiger charge is -2.12. The van der Waals surface area contributed by atoms with Crippen LogP contribution in [0.5, 0.6) is 5.75 Å². The molecule has 6 nitrogen and oxygen atoms in total. The monoisotopic (exact) mass is 339 g/mol. The maximum absolute atomic E-state index is 12.1. The van der Waals surface area contributed by atoms with Crippen LogP contribution in [0.1, 0.15) is 11.3 Å². The molecule has 2 amide bonds. The molecule has 130 valence electrons. The van der Waals surface area contributed by atoms with Crippen LogP contribution in [0.3, 0.4) is 0 Å². The number of H-pyrrole nitrogens is 1. The number of anilines is 1. The lowest BCUT2D eigenvalue weighted by atomic mass is 10.2. The number of aryl methyl sites for hydroxylation is 1. The molecule has 3 aromatic rings. The van der Waals surface area contributed by atoms with Crippen LogP contribution in [0, 0.1) is 6.92 Å². The van der Waals surface area contributed by atoms with Gasteiger partial charge in [0.1, 0.15) is 12.4 Å². The molecule has 0 saturated carbocycles. The van der Waals surface area contributed by atoms with E-state index in [9.17, 15) is 4.79 Å². The fourth-order valence-electron chi connectivity index (χ4n) is 2.65. The molecule has 0 unspecified atom stereocenters. The maximum Gasteiger partial charge on any atom is 0.319 e. The van der Waals surface area contributed by atoms with Crippen LogP contribution in [0.4, 0.5) is 10.5 Å². The molecule has 2 aromatic carbocycles. The van der Waals surface area contributed by atoms with Gasteiger partial charge in [0, 0.05) is 34.4 Å². The first kappa shape index (κ1) is 16.9. The zero-order valence-corrected chi connectivity index (χ0v) is 14.0. The molecule has 4 N–H and O–H groups in total. The minimum atomic E-state index is -0.288. The quantitative estimate of drug-likeness (QED) is 0.556. The highest BCUT2D eigenvalue weighted by molar-refractivity contribution is 5.93. The highest BCUT2D eigenvalue weighted by Crippen LogP contribution is 2.20. The first-order valence-electron chi connectivity index (χ1n) is 8.11. The van der Waals surface area contributed by atoms with Crippen LogP contribution in [0.2, 0.25) is 0 Å². The summed E-state index contributed by atoms with van der Waals surface area (Å²) in [5, 5.41) is 15.6. The number of aromatic amines is 1. The maximum atomic E-state index is 12.1. The van der Waals surface area contributed by atoms with E-state index in [1.165, 1.54) is 0 Å². The Labute approximate surface area is 145 Å². The van der Waals surface area contributed by atoms with E-state index < -0.39 is 0 Å². The van der Waals surface area contributed by atoms with Crippen LogP contribution in [-0.4, -0.2) is 29.3 Å². The topological polar surface area (TPSA) is 86.4 Å². The summed E-state index contributed by atoms with van der Waals surface area (Å²) in [6.07, 6.45) is 0. The third-order valence-corrected chi connectivity index (χ3v) is 3.77. The Bertz CT molecular complexity index is 873. The second-order valence-corrected chi connectivity index (χ2v) is 5.74. The number of benzene rings is 2. The van der Waals surface area contributed by atoms with E-state index in [1.54, 1.807) is 0 Å². The molecular formula is C19H21N3O3. The molecule has 0 aliphatic rings. The number of amides is 2. The molecule has 0 aliphatic heterocycles. The van der Waals surface area contributed by atoms with E-state index in [0.29, 0.717) is 12.3 Å². The molecule has 0 aliphatic carbocycles. The van der Waals surface area contributed by atoms with Gasteiger partial charge in [0.05, 0.1) is 6.61 Å². The number of aromatic nitrogens is 1. The largest absolute Gasteiger partial charge is 0.491 e. The molecule has 0 saturated heterocycles. The number of aliphatic hydroxyl groups is 1. The van der Waals surface area contributed by atoms with Crippen LogP contribution >= 0.6 is 0 Å². The smallest absolute Gasteiger partial charge is 0.319 e. The zero-order valence-electron chi connectivity index (χ0n) is 14.0. The minimum absolute atomic E-state index is 0.0522. The average Bonchev–Trinajstić information content (AvgIpc) is 2.98. The molecule has 1 aromatic heterocycles. The lowest BCUT2D eigenvalue weighted by Crippen LogP contribution is -2.28. The van der Waals surface area contributed by atoms with Gasteiger partial charge in [-0.3, -0.25) is 0 Å². The van der Waals surface area contributed by atoms with Crippen LogP contribution in [0.25, 0.3) is 10.9 Å². The molecule has 0 atom stereocenters. The van der Waals surface area contributed by atoms with Gasteiger partial charge in [0.2, 0.25) is 0 Å². The van der Waals surface area contributed by atoms with E-state index in [4.69, 9.17) is 9.84 Å². The Hall–Kier alpha value is -2.99. The van der Waals surface area contributed by atoms with Gasteiger partial charge in [0.15, 0.2) is 0 Å². The fourth-order valence-corrected chi connectivity index (χ4v) is 2.65. The predicted octanol–water partition coefficient (Wildman–Crippen LogP) is 3.17. The number of aliphatic hydroxyl groups excluding tert-OH is 1.